The molecular formula is C15H21NO. The number of rotatable bonds is 2. The fourth-order valence-corrected chi connectivity index (χ4v) is 3.13. The lowest BCUT2D eigenvalue weighted by molar-refractivity contribution is 0.184. The lowest BCUT2D eigenvalue weighted by atomic mass is 9.84. The third-order valence-electron chi connectivity index (χ3n) is 4.08. The number of hydrogen-bond donors (Lipinski definition) is 1. The molecule has 1 N–H and O–H groups in total. The van der Waals surface area contributed by atoms with Gasteiger partial charge in [0.1, 0.15) is 5.75 Å². The first-order chi connectivity index (χ1) is 8.42. The second kappa shape index (κ2) is 5.09. The van der Waals surface area contributed by atoms with Gasteiger partial charge in [0.15, 0.2) is 0 Å². The normalized spacial score (nSPS) is 25.1. The summed E-state index contributed by atoms with van der Waals surface area (Å²) < 4.78 is 5.86. The van der Waals surface area contributed by atoms with Crippen molar-refractivity contribution in [1.82, 2.24) is 5.32 Å². The van der Waals surface area contributed by atoms with Crippen LogP contribution in [0.1, 0.15) is 24.8 Å². The summed E-state index contributed by atoms with van der Waals surface area (Å²) in [4.78, 5) is 0. The average molecular weight is 231 g/mol. The first-order valence-corrected chi connectivity index (χ1v) is 6.83. The van der Waals surface area contributed by atoms with Crippen LogP contribution < -0.4 is 10.1 Å². The summed E-state index contributed by atoms with van der Waals surface area (Å²) in [6.45, 7) is 3.32. The van der Waals surface area contributed by atoms with Gasteiger partial charge in [-0.1, -0.05) is 18.2 Å². The van der Waals surface area contributed by atoms with Crippen LogP contribution in [-0.4, -0.2) is 19.7 Å². The molecule has 0 aliphatic carbocycles. The number of ether oxygens (including phenoxy) is 1. The Morgan fingerprint density at radius 2 is 1.94 bits per heavy atom. The smallest absolute Gasteiger partial charge is 0.122 e. The van der Waals surface area contributed by atoms with Gasteiger partial charge >= 0.3 is 0 Å². The third kappa shape index (κ3) is 2.63. The zero-order valence-electron chi connectivity index (χ0n) is 10.3. The van der Waals surface area contributed by atoms with Crippen molar-refractivity contribution in [2.75, 3.05) is 19.7 Å². The Bertz CT molecular complexity index is 371. The molecule has 1 saturated heterocycles. The second-order valence-electron chi connectivity index (χ2n) is 5.42. The predicted octanol–water partition coefficient (Wildman–Crippen LogP) is 2.63. The maximum atomic E-state index is 5.86. The molecule has 2 aliphatic rings. The number of benzene rings is 1. The van der Waals surface area contributed by atoms with E-state index >= 15 is 0 Å². The summed E-state index contributed by atoms with van der Waals surface area (Å²) in [6, 6.07) is 8.49. The third-order valence-corrected chi connectivity index (χ3v) is 4.08. The molecule has 2 heterocycles. The van der Waals surface area contributed by atoms with Crippen LogP contribution in [0.25, 0.3) is 0 Å². The summed E-state index contributed by atoms with van der Waals surface area (Å²) in [5, 5.41) is 3.44. The summed E-state index contributed by atoms with van der Waals surface area (Å²) >= 11 is 0. The molecule has 1 aromatic carbocycles. The molecule has 0 saturated carbocycles. The summed E-state index contributed by atoms with van der Waals surface area (Å²) in [6.07, 6.45) is 5.24. The highest BCUT2D eigenvalue weighted by molar-refractivity contribution is 5.35. The van der Waals surface area contributed by atoms with Crippen molar-refractivity contribution >= 4 is 0 Å². The van der Waals surface area contributed by atoms with E-state index in [-0.39, 0.29) is 0 Å². The predicted molar refractivity (Wildman–Crippen MR) is 69.3 cm³/mol. The zero-order valence-corrected chi connectivity index (χ0v) is 10.3. The minimum absolute atomic E-state index is 0.730. The second-order valence-corrected chi connectivity index (χ2v) is 5.42. The van der Waals surface area contributed by atoms with Gasteiger partial charge in [0.2, 0.25) is 0 Å². The van der Waals surface area contributed by atoms with E-state index in [2.05, 4.69) is 29.6 Å². The quantitative estimate of drug-likeness (QED) is 0.845. The van der Waals surface area contributed by atoms with Crippen LogP contribution in [0, 0.1) is 11.8 Å². The Kier molecular flexibility index (Phi) is 3.32. The van der Waals surface area contributed by atoms with Crippen LogP contribution in [0.5, 0.6) is 5.75 Å². The lowest BCUT2D eigenvalue weighted by Gasteiger charge is -2.30. The Labute approximate surface area is 103 Å². The van der Waals surface area contributed by atoms with Crippen LogP contribution >= 0.6 is 0 Å². The van der Waals surface area contributed by atoms with E-state index in [1.165, 1.54) is 44.3 Å². The first kappa shape index (κ1) is 11.1. The largest absolute Gasteiger partial charge is 0.493 e. The van der Waals surface area contributed by atoms with Crippen molar-refractivity contribution in [3.05, 3.63) is 29.8 Å². The minimum Gasteiger partial charge on any atom is -0.493 e. The molecular weight excluding hydrogens is 210 g/mol. The van der Waals surface area contributed by atoms with Gasteiger partial charge in [-0.05, 0) is 62.2 Å². The number of para-hydroxylation sites is 1. The number of nitrogens with one attached hydrogen (secondary N) is 1. The van der Waals surface area contributed by atoms with Crippen LogP contribution in [0.3, 0.4) is 0 Å². The van der Waals surface area contributed by atoms with Gasteiger partial charge in [0.05, 0.1) is 6.61 Å². The molecule has 17 heavy (non-hydrogen) atoms. The molecule has 1 fully saturated rings. The van der Waals surface area contributed by atoms with Crippen LogP contribution in [0.4, 0.5) is 0 Å². The van der Waals surface area contributed by atoms with E-state index in [1.807, 2.05) is 0 Å². The van der Waals surface area contributed by atoms with E-state index < -0.39 is 0 Å². The number of piperidine rings is 1. The van der Waals surface area contributed by atoms with Crippen molar-refractivity contribution in [3.8, 4) is 5.75 Å². The van der Waals surface area contributed by atoms with Crippen LogP contribution in [-0.2, 0) is 6.42 Å². The minimum atomic E-state index is 0.730. The topological polar surface area (TPSA) is 21.3 Å². The standard InChI is InChI=1S/C15H21NO/c1-2-4-15-14(3-1)10-13(11-17-15)9-12-5-7-16-8-6-12/h1-4,12-13,16H,5-11H2. The number of fused-ring (bicyclic) bond motifs is 1. The molecule has 92 valence electrons. The van der Waals surface area contributed by atoms with Crippen molar-refractivity contribution < 1.29 is 4.74 Å². The molecule has 2 aliphatic heterocycles. The van der Waals surface area contributed by atoms with Gasteiger partial charge in [0.25, 0.3) is 0 Å². The van der Waals surface area contributed by atoms with Gasteiger partial charge in [-0.3, -0.25) is 0 Å². The van der Waals surface area contributed by atoms with Crippen molar-refractivity contribution in [1.29, 1.82) is 0 Å². The average Bonchev–Trinajstić information content (AvgIpc) is 2.40. The SMILES string of the molecule is c1ccc2c(c1)CC(CC1CCNCC1)CO2. The highest BCUT2D eigenvalue weighted by Crippen LogP contribution is 2.31. The van der Waals surface area contributed by atoms with E-state index in [0.29, 0.717) is 0 Å². The molecule has 2 heteroatoms. The maximum Gasteiger partial charge on any atom is 0.122 e. The molecule has 2 nitrogen and oxygen atoms in total. The monoisotopic (exact) mass is 231 g/mol. The van der Waals surface area contributed by atoms with E-state index in [9.17, 15) is 0 Å². The zero-order chi connectivity index (χ0) is 11.5. The molecule has 1 atom stereocenters. The fourth-order valence-electron chi connectivity index (χ4n) is 3.13. The van der Waals surface area contributed by atoms with Crippen LogP contribution in [0.2, 0.25) is 0 Å². The first-order valence-electron chi connectivity index (χ1n) is 6.83. The molecule has 0 amide bonds. The molecule has 0 bridgehead atoms. The molecule has 1 unspecified atom stereocenters. The van der Waals surface area contributed by atoms with E-state index in [4.69, 9.17) is 4.74 Å². The lowest BCUT2D eigenvalue weighted by Crippen LogP contribution is -2.31. The van der Waals surface area contributed by atoms with Gasteiger partial charge in [-0.2, -0.15) is 0 Å². The van der Waals surface area contributed by atoms with Crippen molar-refractivity contribution in [2.24, 2.45) is 11.8 Å². The highest BCUT2D eigenvalue weighted by atomic mass is 16.5. The summed E-state index contributed by atoms with van der Waals surface area (Å²) in [5.74, 6) is 2.75. The Balaban J connectivity index is 1.60. The van der Waals surface area contributed by atoms with Gasteiger partial charge in [0, 0.05) is 0 Å². The molecule has 0 aromatic heterocycles. The van der Waals surface area contributed by atoms with Crippen molar-refractivity contribution in [3.63, 3.8) is 0 Å². The van der Waals surface area contributed by atoms with Crippen molar-refractivity contribution in [2.45, 2.75) is 25.7 Å². The molecule has 0 radical (unpaired) electrons. The molecule has 3 rings (SSSR count). The molecule has 0 spiro atoms. The fraction of sp³-hybridized carbons (Fsp3) is 0.600. The van der Waals surface area contributed by atoms with E-state index in [0.717, 1.165) is 24.2 Å². The van der Waals surface area contributed by atoms with Gasteiger partial charge < -0.3 is 10.1 Å². The Morgan fingerprint density at radius 1 is 1.12 bits per heavy atom. The Hall–Kier alpha value is -1.02. The summed E-state index contributed by atoms with van der Waals surface area (Å²) in [5.41, 5.74) is 1.40. The van der Waals surface area contributed by atoms with E-state index in [1.54, 1.807) is 0 Å². The van der Waals surface area contributed by atoms with Crippen LogP contribution in [0.15, 0.2) is 24.3 Å². The van der Waals surface area contributed by atoms with Gasteiger partial charge in [-0.25, -0.2) is 0 Å². The maximum absolute atomic E-state index is 5.86. The summed E-state index contributed by atoms with van der Waals surface area (Å²) in [7, 11) is 0. The number of hydrogen-bond acceptors (Lipinski definition) is 2. The van der Waals surface area contributed by atoms with Gasteiger partial charge in [-0.15, -0.1) is 0 Å². The molecule has 1 aromatic rings. The Morgan fingerprint density at radius 3 is 2.82 bits per heavy atom. The highest BCUT2D eigenvalue weighted by Gasteiger charge is 2.23.